The summed E-state index contributed by atoms with van der Waals surface area (Å²) in [6.45, 7) is 10.8. The van der Waals surface area contributed by atoms with E-state index in [1.165, 1.54) is 12.2 Å². The first-order valence-corrected chi connectivity index (χ1v) is 15.2. The van der Waals surface area contributed by atoms with Crippen molar-refractivity contribution in [2.45, 2.75) is 0 Å². The van der Waals surface area contributed by atoms with Crippen LogP contribution < -0.4 is 0 Å². The Morgan fingerprint density at radius 2 is 0.581 bits per heavy atom. The average Bonchev–Trinajstić information content (AvgIpc) is 3.33. The van der Waals surface area contributed by atoms with Crippen LogP contribution in [0.1, 0.15) is 0 Å². The quantitative estimate of drug-likeness (QED) is 0.0533. The largest absolute Gasteiger partial charge is 0.378 e. The normalized spacial score (nSPS) is 13.2. The number of amides is 2. The molecule has 0 atom stereocenters. The Labute approximate surface area is 260 Å². The molecule has 0 fully saturated rings. The smallest absolute Gasteiger partial charge is 0.253 e. The van der Waals surface area contributed by atoms with Crippen molar-refractivity contribution < 1.29 is 61.7 Å². The molecule has 0 aliphatic carbocycles. The molecule has 0 aromatic carbocycles. The van der Waals surface area contributed by atoms with Gasteiger partial charge >= 0.3 is 0 Å². The van der Waals surface area contributed by atoms with Crippen LogP contribution in [0.25, 0.3) is 0 Å². The lowest BCUT2D eigenvalue weighted by Gasteiger charge is -2.13. The second-order valence-corrected chi connectivity index (χ2v) is 8.96. The molecule has 0 aromatic heterocycles. The molecule has 2 amide bonds. The lowest BCUT2D eigenvalue weighted by molar-refractivity contribution is -0.137. The van der Waals surface area contributed by atoms with Gasteiger partial charge in [-0.3, -0.25) is 14.5 Å². The fourth-order valence-electron chi connectivity index (χ4n) is 3.16. The Hall–Kier alpha value is -1.27. The van der Waals surface area contributed by atoms with Gasteiger partial charge in [-0.05, 0) is 0 Å². The first kappa shape index (κ1) is 39.8. The van der Waals surface area contributed by atoms with Gasteiger partial charge < -0.3 is 52.1 Å². The minimum atomic E-state index is -0.307. The molecule has 43 heavy (non-hydrogen) atoms. The topological polar surface area (TPSA) is 139 Å². The predicted octanol–water partition coefficient (Wildman–Crippen LogP) is 0.333. The van der Waals surface area contributed by atoms with Crippen LogP contribution in [0.2, 0.25) is 0 Å². The molecule has 0 bridgehead atoms. The van der Waals surface area contributed by atoms with E-state index in [-0.39, 0.29) is 25.0 Å². The van der Waals surface area contributed by atoms with E-state index in [1.807, 2.05) is 0 Å². The molecule has 0 saturated heterocycles. The number of carbonyl (C=O) groups excluding carboxylic acids is 2. The van der Waals surface area contributed by atoms with Gasteiger partial charge in [-0.2, -0.15) is 0 Å². The van der Waals surface area contributed by atoms with Crippen molar-refractivity contribution in [2.24, 2.45) is 0 Å². The van der Waals surface area contributed by atoms with Crippen molar-refractivity contribution >= 4 is 23.4 Å². The highest BCUT2D eigenvalue weighted by molar-refractivity contribution is 6.18. The molecule has 252 valence electrons. The number of ether oxygens (including phenoxy) is 11. The third-order valence-corrected chi connectivity index (χ3v) is 5.46. The number of alkyl halides is 1. The molecule has 0 N–H and O–H groups in total. The maximum Gasteiger partial charge on any atom is 0.253 e. The Balaban J connectivity index is 1.62. The van der Waals surface area contributed by atoms with Gasteiger partial charge in [0.05, 0.1) is 152 Å². The molecule has 1 rings (SSSR count). The van der Waals surface area contributed by atoms with Crippen LogP contribution in [0, 0.1) is 0 Å². The summed E-state index contributed by atoms with van der Waals surface area (Å²) in [6, 6.07) is 0. The highest BCUT2D eigenvalue weighted by Crippen LogP contribution is 2.02. The number of nitrogens with zero attached hydrogens (tertiary/aromatic N) is 1. The molecular weight excluding hydrogens is 594 g/mol. The molecule has 1 aliphatic heterocycles. The fraction of sp³-hybridized carbons (Fsp3) is 0.857. The van der Waals surface area contributed by atoms with Crippen LogP contribution in [0.3, 0.4) is 0 Å². The van der Waals surface area contributed by atoms with Crippen LogP contribution >= 0.6 is 11.6 Å². The van der Waals surface area contributed by atoms with Crippen molar-refractivity contribution in [3.05, 3.63) is 12.2 Å². The Bertz CT molecular complexity index is 657. The summed E-state index contributed by atoms with van der Waals surface area (Å²) < 4.78 is 59.4. The van der Waals surface area contributed by atoms with Crippen LogP contribution in [0.5, 0.6) is 0 Å². The lowest BCUT2D eigenvalue weighted by Crippen LogP contribution is -2.33. The number of carbonyl (C=O) groups is 2. The second-order valence-electron chi connectivity index (χ2n) is 8.59. The summed E-state index contributed by atoms with van der Waals surface area (Å²) in [5, 5.41) is 0. The van der Waals surface area contributed by atoms with Crippen LogP contribution in [0.4, 0.5) is 0 Å². The molecule has 0 radical (unpaired) electrons. The maximum atomic E-state index is 11.4. The van der Waals surface area contributed by atoms with Crippen molar-refractivity contribution in [2.75, 3.05) is 158 Å². The third-order valence-electron chi connectivity index (χ3n) is 5.30. The molecular formula is C28H50ClNO13. The summed E-state index contributed by atoms with van der Waals surface area (Å²) in [5.74, 6) is -0.121. The lowest BCUT2D eigenvalue weighted by atomic mass is 10.5. The van der Waals surface area contributed by atoms with Gasteiger partial charge in [0.15, 0.2) is 0 Å². The summed E-state index contributed by atoms with van der Waals surface area (Å²) in [4.78, 5) is 23.9. The van der Waals surface area contributed by atoms with Gasteiger partial charge in [-0.15, -0.1) is 11.6 Å². The minimum Gasteiger partial charge on any atom is -0.378 e. The van der Waals surface area contributed by atoms with Gasteiger partial charge in [-0.25, -0.2) is 0 Å². The molecule has 1 aliphatic rings. The van der Waals surface area contributed by atoms with Crippen molar-refractivity contribution in [3.8, 4) is 0 Å². The molecule has 0 aromatic rings. The number of hydrogen-bond acceptors (Lipinski definition) is 13. The molecule has 0 unspecified atom stereocenters. The Kier molecular flexibility index (Phi) is 29.7. The maximum absolute atomic E-state index is 11.4. The molecule has 0 spiro atoms. The van der Waals surface area contributed by atoms with E-state index in [2.05, 4.69) is 0 Å². The van der Waals surface area contributed by atoms with Crippen LogP contribution in [0.15, 0.2) is 12.2 Å². The van der Waals surface area contributed by atoms with E-state index in [4.69, 9.17) is 63.7 Å². The fourth-order valence-corrected chi connectivity index (χ4v) is 3.27. The molecule has 1 heterocycles. The van der Waals surface area contributed by atoms with E-state index in [0.717, 1.165) is 4.90 Å². The summed E-state index contributed by atoms with van der Waals surface area (Å²) in [7, 11) is 0. The summed E-state index contributed by atoms with van der Waals surface area (Å²) >= 11 is 5.50. The number of imide groups is 1. The minimum absolute atomic E-state index is 0.240. The van der Waals surface area contributed by atoms with Gasteiger partial charge in [0.2, 0.25) is 0 Å². The van der Waals surface area contributed by atoms with Gasteiger partial charge in [-0.1, -0.05) is 0 Å². The predicted molar refractivity (Wildman–Crippen MR) is 156 cm³/mol. The zero-order valence-electron chi connectivity index (χ0n) is 25.3. The number of rotatable bonds is 35. The highest BCUT2D eigenvalue weighted by Gasteiger charge is 2.22. The van der Waals surface area contributed by atoms with Gasteiger partial charge in [0, 0.05) is 18.0 Å². The third kappa shape index (κ3) is 26.8. The highest BCUT2D eigenvalue weighted by atomic mass is 35.5. The summed E-state index contributed by atoms with van der Waals surface area (Å²) in [6.07, 6.45) is 2.51. The van der Waals surface area contributed by atoms with E-state index < -0.39 is 0 Å². The molecule has 14 nitrogen and oxygen atoms in total. The molecule has 15 heteroatoms. The standard InChI is InChI=1S/C28H50ClNO13/c29-3-5-33-7-9-35-11-13-37-15-17-39-19-21-41-23-25-43-26-24-42-22-20-40-18-16-38-14-12-36-10-8-34-6-4-30-27(31)1-2-28(30)32/h1-2H,3-26H2. The van der Waals surface area contributed by atoms with Gasteiger partial charge in [0.1, 0.15) is 0 Å². The van der Waals surface area contributed by atoms with E-state index in [1.54, 1.807) is 0 Å². The van der Waals surface area contributed by atoms with E-state index >= 15 is 0 Å². The Morgan fingerprint density at radius 3 is 0.814 bits per heavy atom. The second kappa shape index (κ2) is 32.1. The SMILES string of the molecule is O=C1C=CC(=O)N1CCOCCOCCOCCOCCOCCOCCOCCOCCOCCOCCOCCCl. The van der Waals surface area contributed by atoms with Crippen LogP contribution in [-0.2, 0) is 61.7 Å². The van der Waals surface area contributed by atoms with Crippen molar-refractivity contribution in [3.63, 3.8) is 0 Å². The number of halogens is 1. The van der Waals surface area contributed by atoms with Crippen molar-refractivity contribution in [1.82, 2.24) is 4.90 Å². The van der Waals surface area contributed by atoms with E-state index in [9.17, 15) is 9.59 Å². The van der Waals surface area contributed by atoms with Crippen molar-refractivity contribution in [1.29, 1.82) is 0 Å². The number of hydrogen-bond donors (Lipinski definition) is 0. The van der Waals surface area contributed by atoms with Gasteiger partial charge in [0.25, 0.3) is 11.8 Å². The van der Waals surface area contributed by atoms with E-state index in [0.29, 0.717) is 145 Å². The average molecular weight is 644 g/mol. The summed E-state index contributed by atoms with van der Waals surface area (Å²) in [5.41, 5.74) is 0. The monoisotopic (exact) mass is 643 g/mol. The molecule has 0 saturated carbocycles. The van der Waals surface area contributed by atoms with Crippen LogP contribution in [-0.4, -0.2) is 174 Å². The zero-order chi connectivity index (χ0) is 30.9. The Morgan fingerprint density at radius 1 is 0.372 bits per heavy atom. The first-order valence-electron chi connectivity index (χ1n) is 14.7. The zero-order valence-corrected chi connectivity index (χ0v) is 26.0. The first-order chi connectivity index (χ1) is 21.3.